The van der Waals surface area contributed by atoms with E-state index in [1.54, 1.807) is 18.3 Å². The summed E-state index contributed by atoms with van der Waals surface area (Å²) in [5, 5.41) is 1.03. The molecule has 7 heteroatoms. The Kier molecular flexibility index (Phi) is 4.74. The first-order valence-corrected chi connectivity index (χ1v) is 10.1. The molecular weight excluding hydrogens is 408 g/mol. The van der Waals surface area contributed by atoms with E-state index >= 15 is 0 Å². The summed E-state index contributed by atoms with van der Waals surface area (Å²) in [6.45, 7) is 4.02. The first kappa shape index (κ1) is 19.9. The summed E-state index contributed by atoms with van der Waals surface area (Å²) >= 11 is 0. The summed E-state index contributed by atoms with van der Waals surface area (Å²) in [7, 11) is 0. The number of fused-ring (bicyclic) bond motifs is 1. The monoisotopic (exact) mass is 427 g/mol. The van der Waals surface area contributed by atoms with Crippen LogP contribution in [0.15, 0.2) is 79.1 Å². The Hall–Kier alpha value is -4.00. The fourth-order valence-electron chi connectivity index (χ4n) is 3.72. The second-order valence-corrected chi connectivity index (χ2v) is 7.99. The van der Waals surface area contributed by atoms with Gasteiger partial charge >= 0.3 is 0 Å². The van der Waals surface area contributed by atoms with Crippen molar-refractivity contribution >= 4 is 11.0 Å². The van der Waals surface area contributed by atoms with E-state index in [0.29, 0.717) is 11.4 Å². The van der Waals surface area contributed by atoms with Crippen molar-refractivity contribution in [1.82, 2.24) is 24.5 Å². The van der Waals surface area contributed by atoms with Gasteiger partial charge in [-0.1, -0.05) is 12.1 Å². The molecule has 5 rings (SSSR count). The van der Waals surface area contributed by atoms with Gasteiger partial charge in [-0.15, -0.1) is 0 Å². The summed E-state index contributed by atoms with van der Waals surface area (Å²) < 4.78 is 29.4. The standard InChI is InChI=1S/C25H19F2N5/c1-25(2,19-8-3-7-18(29-19)17-11-12-21(26)31-23(17)27)20-9-4-10-22(30-20)32-15-13-16-6-5-14-28-24(16)32/h3-15H,1-2H3. The largest absolute Gasteiger partial charge is 0.285 e. The van der Waals surface area contributed by atoms with Crippen molar-refractivity contribution in [2.75, 3.05) is 0 Å². The van der Waals surface area contributed by atoms with Crippen molar-refractivity contribution in [1.29, 1.82) is 0 Å². The maximum Gasteiger partial charge on any atom is 0.224 e. The van der Waals surface area contributed by atoms with Crippen LogP contribution in [0.1, 0.15) is 25.2 Å². The van der Waals surface area contributed by atoms with Crippen LogP contribution >= 0.6 is 0 Å². The predicted octanol–water partition coefficient (Wildman–Crippen LogP) is 5.48. The van der Waals surface area contributed by atoms with Crippen molar-refractivity contribution < 1.29 is 8.78 Å². The van der Waals surface area contributed by atoms with Gasteiger partial charge in [-0.25, -0.2) is 9.97 Å². The number of hydrogen-bond donors (Lipinski definition) is 0. The van der Waals surface area contributed by atoms with Gasteiger partial charge in [-0.3, -0.25) is 9.55 Å². The second-order valence-electron chi connectivity index (χ2n) is 7.99. The Labute approximate surface area is 183 Å². The summed E-state index contributed by atoms with van der Waals surface area (Å²) in [5.41, 5.74) is 2.29. The summed E-state index contributed by atoms with van der Waals surface area (Å²) in [5.74, 6) is -1.01. The second kappa shape index (κ2) is 7.60. The molecular formula is C25H19F2N5. The average Bonchev–Trinajstić information content (AvgIpc) is 3.23. The zero-order valence-electron chi connectivity index (χ0n) is 17.5. The lowest BCUT2D eigenvalue weighted by Gasteiger charge is -2.25. The highest BCUT2D eigenvalue weighted by atomic mass is 19.1. The fraction of sp³-hybridized carbons (Fsp3) is 0.120. The minimum atomic E-state index is -0.889. The Morgan fingerprint density at radius 2 is 1.56 bits per heavy atom. The number of pyridine rings is 4. The first-order valence-electron chi connectivity index (χ1n) is 10.1. The van der Waals surface area contributed by atoms with Crippen LogP contribution in [0.4, 0.5) is 8.78 Å². The third-order valence-corrected chi connectivity index (χ3v) is 5.55. The zero-order valence-corrected chi connectivity index (χ0v) is 17.5. The molecule has 5 nitrogen and oxygen atoms in total. The van der Waals surface area contributed by atoms with Crippen LogP contribution in [-0.4, -0.2) is 24.5 Å². The molecule has 0 N–H and O–H groups in total. The minimum Gasteiger partial charge on any atom is -0.285 e. The van der Waals surface area contributed by atoms with Crippen LogP contribution in [0.3, 0.4) is 0 Å². The van der Waals surface area contributed by atoms with Gasteiger partial charge in [-0.05, 0) is 68.4 Å². The SMILES string of the molecule is CC(C)(c1cccc(-c2ccc(F)nc2F)n1)c1cccc(-n2ccc3cccnc32)n1. The fourth-order valence-corrected chi connectivity index (χ4v) is 3.72. The Morgan fingerprint density at radius 3 is 2.38 bits per heavy atom. The van der Waals surface area contributed by atoms with Gasteiger partial charge in [0.05, 0.1) is 22.6 Å². The number of aromatic nitrogens is 5. The molecule has 0 aromatic carbocycles. The van der Waals surface area contributed by atoms with Crippen LogP contribution in [0, 0.1) is 11.9 Å². The maximum atomic E-state index is 14.2. The van der Waals surface area contributed by atoms with Crippen LogP contribution < -0.4 is 0 Å². The molecule has 0 amide bonds. The topological polar surface area (TPSA) is 56.5 Å². The number of nitrogens with zero attached hydrogens (tertiary/aromatic N) is 5. The lowest BCUT2D eigenvalue weighted by Crippen LogP contribution is -2.23. The van der Waals surface area contributed by atoms with E-state index in [4.69, 9.17) is 4.98 Å². The first-order chi connectivity index (χ1) is 15.4. The summed E-state index contributed by atoms with van der Waals surface area (Å²) in [6.07, 6.45) is 3.70. The van der Waals surface area contributed by atoms with Gasteiger partial charge in [0.1, 0.15) is 11.5 Å². The molecule has 0 radical (unpaired) electrons. The molecule has 0 atom stereocenters. The molecule has 0 fully saturated rings. The van der Waals surface area contributed by atoms with Gasteiger partial charge < -0.3 is 0 Å². The number of hydrogen-bond acceptors (Lipinski definition) is 4. The molecule has 0 saturated carbocycles. The highest BCUT2D eigenvalue weighted by Gasteiger charge is 2.27. The smallest absolute Gasteiger partial charge is 0.224 e. The highest BCUT2D eigenvalue weighted by molar-refractivity contribution is 5.77. The van der Waals surface area contributed by atoms with Crippen LogP contribution in [0.25, 0.3) is 28.1 Å². The van der Waals surface area contributed by atoms with Crippen LogP contribution in [0.2, 0.25) is 0 Å². The third-order valence-electron chi connectivity index (χ3n) is 5.55. The number of rotatable bonds is 4. The van der Waals surface area contributed by atoms with Crippen molar-refractivity contribution in [2.45, 2.75) is 19.3 Å². The van der Waals surface area contributed by atoms with Crippen molar-refractivity contribution in [3.63, 3.8) is 0 Å². The normalized spacial score (nSPS) is 11.8. The van der Waals surface area contributed by atoms with E-state index in [-0.39, 0.29) is 5.56 Å². The minimum absolute atomic E-state index is 0.149. The van der Waals surface area contributed by atoms with Gasteiger partial charge in [0.2, 0.25) is 11.9 Å². The van der Waals surface area contributed by atoms with E-state index in [1.807, 2.05) is 67.1 Å². The van der Waals surface area contributed by atoms with Gasteiger partial charge in [-0.2, -0.15) is 13.8 Å². The molecule has 0 aliphatic heterocycles. The third kappa shape index (κ3) is 3.41. The Morgan fingerprint density at radius 1 is 0.781 bits per heavy atom. The van der Waals surface area contributed by atoms with Gasteiger partial charge in [0.15, 0.2) is 0 Å². The summed E-state index contributed by atoms with van der Waals surface area (Å²) in [6, 6.07) is 19.5. The molecule has 158 valence electrons. The molecule has 0 saturated heterocycles. The van der Waals surface area contributed by atoms with E-state index in [2.05, 4.69) is 15.0 Å². The van der Waals surface area contributed by atoms with Crippen LogP contribution in [0.5, 0.6) is 0 Å². The van der Waals surface area contributed by atoms with Crippen molar-refractivity contribution in [3.8, 4) is 17.1 Å². The van der Waals surface area contributed by atoms with E-state index < -0.39 is 17.3 Å². The molecule has 5 heterocycles. The lowest BCUT2D eigenvalue weighted by molar-refractivity contribution is 0.514. The maximum absolute atomic E-state index is 14.2. The summed E-state index contributed by atoms with van der Waals surface area (Å²) in [4.78, 5) is 17.3. The molecule has 0 aliphatic carbocycles. The average molecular weight is 427 g/mol. The van der Waals surface area contributed by atoms with E-state index in [9.17, 15) is 8.78 Å². The molecule has 32 heavy (non-hydrogen) atoms. The Bertz CT molecular complexity index is 1440. The molecule has 0 spiro atoms. The zero-order chi connectivity index (χ0) is 22.3. The molecule has 0 bridgehead atoms. The lowest BCUT2D eigenvalue weighted by atomic mass is 9.84. The Balaban J connectivity index is 1.56. The van der Waals surface area contributed by atoms with Crippen LogP contribution in [-0.2, 0) is 5.41 Å². The number of halogens is 2. The van der Waals surface area contributed by atoms with Gasteiger partial charge in [0.25, 0.3) is 0 Å². The highest BCUT2D eigenvalue weighted by Crippen LogP contribution is 2.31. The van der Waals surface area contributed by atoms with E-state index in [1.165, 1.54) is 6.07 Å². The predicted molar refractivity (Wildman–Crippen MR) is 118 cm³/mol. The van der Waals surface area contributed by atoms with Gasteiger partial charge in [0, 0.05) is 23.2 Å². The van der Waals surface area contributed by atoms with E-state index in [0.717, 1.165) is 28.6 Å². The molecule has 0 aliphatic rings. The van der Waals surface area contributed by atoms with Crippen molar-refractivity contribution in [3.05, 3.63) is 102 Å². The molecule has 5 aromatic heterocycles. The quantitative estimate of drug-likeness (QED) is 0.356. The van der Waals surface area contributed by atoms with Crippen molar-refractivity contribution in [2.24, 2.45) is 0 Å². The molecule has 5 aromatic rings. The molecule has 0 unspecified atom stereocenters.